The topological polar surface area (TPSA) is 102 Å². The van der Waals surface area contributed by atoms with Gasteiger partial charge in [0.1, 0.15) is 11.6 Å². The Morgan fingerprint density at radius 2 is 2.02 bits per heavy atom. The van der Waals surface area contributed by atoms with Gasteiger partial charge in [-0.2, -0.15) is 0 Å². The van der Waals surface area contributed by atoms with E-state index in [0.29, 0.717) is 24.9 Å². The van der Waals surface area contributed by atoms with Crippen molar-refractivity contribution < 1.29 is 23.4 Å². The number of aliphatic hydroxyl groups is 1. The average molecular weight is 595 g/mol. The van der Waals surface area contributed by atoms with E-state index in [0.717, 1.165) is 18.4 Å². The van der Waals surface area contributed by atoms with Crippen molar-refractivity contribution in [1.82, 2.24) is 14.9 Å². The number of carbonyl (C=O) groups is 1. The Morgan fingerprint density at radius 3 is 2.69 bits per heavy atom. The summed E-state index contributed by atoms with van der Waals surface area (Å²) in [6, 6.07) is 10.2. The number of ether oxygens (including phenoxy) is 1. The first kappa shape index (κ1) is 28.6. The first-order chi connectivity index (χ1) is 20.1. The Bertz CT molecular complexity index is 1550. The predicted molar refractivity (Wildman–Crippen MR) is 156 cm³/mol. The van der Waals surface area contributed by atoms with Gasteiger partial charge in [0.15, 0.2) is 11.8 Å². The molecule has 2 aromatic carbocycles. The highest BCUT2D eigenvalue weighted by molar-refractivity contribution is 6.33. The fraction of sp³-hybridized carbons (Fsp3) is 0.375. The van der Waals surface area contributed by atoms with E-state index in [1.54, 1.807) is 16.8 Å². The second-order valence-electron chi connectivity index (χ2n) is 11.8. The molecule has 42 heavy (non-hydrogen) atoms. The molecule has 2 heterocycles. The van der Waals surface area contributed by atoms with Crippen LogP contribution in [0, 0.1) is 5.82 Å². The summed E-state index contributed by atoms with van der Waals surface area (Å²) in [6.45, 7) is 2.24. The summed E-state index contributed by atoms with van der Waals surface area (Å²) in [5.74, 6) is -1.39. The number of imidazole rings is 1. The van der Waals surface area contributed by atoms with Crippen molar-refractivity contribution in [2.24, 2.45) is 5.73 Å². The van der Waals surface area contributed by atoms with Crippen LogP contribution in [0.2, 0.25) is 5.02 Å². The van der Waals surface area contributed by atoms with Crippen LogP contribution in [0.15, 0.2) is 72.8 Å². The Labute approximate surface area is 248 Å². The largest absolute Gasteiger partial charge is 0.480 e. The molecular formula is C32H33ClF2N4O3. The van der Waals surface area contributed by atoms with E-state index in [9.17, 15) is 9.90 Å². The zero-order valence-corrected chi connectivity index (χ0v) is 24.0. The average Bonchev–Trinajstić information content (AvgIpc) is 3.63. The first-order valence-corrected chi connectivity index (χ1v) is 14.5. The van der Waals surface area contributed by atoms with E-state index in [1.807, 2.05) is 37.3 Å². The number of rotatable bonds is 7. The lowest BCUT2D eigenvalue weighted by Gasteiger charge is -2.36. The summed E-state index contributed by atoms with van der Waals surface area (Å²) >= 11 is 6.62. The van der Waals surface area contributed by atoms with E-state index >= 15 is 8.78 Å². The number of fused-ring (bicyclic) bond motifs is 1. The monoisotopic (exact) mass is 594 g/mol. The number of allylic oxidation sites excluding steroid dienone is 2. The molecule has 220 valence electrons. The Hall–Kier alpha value is -3.53. The van der Waals surface area contributed by atoms with E-state index < -0.39 is 35.1 Å². The van der Waals surface area contributed by atoms with E-state index in [-0.39, 0.29) is 39.9 Å². The minimum atomic E-state index is -1.77. The molecule has 0 radical (unpaired) electrons. The third-order valence-electron chi connectivity index (χ3n) is 8.82. The molecule has 0 bridgehead atoms. The highest BCUT2D eigenvalue weighted by Crippen LogP contribution is 2.50. The zero-order valence-electron chi connectivity index (χ0n) is 23.2. The van der Waals surface area contributed by atoms with Crippen molar-refractivity contribution in [3.8, 4) is 5.75 Å². The van der Waals surface area contributed by atoms with Gasteiger partial charge in [-0.1, -0.05) is 54.1 Å². The highest BCUT2D eigenvalue weighted by atomic mass is 35.5. The van der Waals surface area contributed by atoms with Crippen molar-refractivity contribution in [2.45, 2.75) is 68.5 Å². The Balaban J connectivity index is 1.43. The normalized spacial score (nSPS) is 28.9. The van der Waals surface area contributed by atoms with Crippen LogP contribution in [0.1, 0.15) is 55.3 Å². The summed E-state index contributed by atoms with van der Waals surface area (Å²) < 4.78 is 40.2. The van der Waals surface area contributed by atoms with Gasteiger partial charge in [-0.15, -0.1) is 0 Å². The number of nitrogens with two attached hydrogens (primary N) is 1. The molecule has 3 aromatic rings. The molecule has 1 aliphatic heterocycles. The van der Waals surface area contributed by atoms with Gasteiger partial charge in [0.25, 0.3) is 0 Å². The number of carbonyl (C=O) groups excluding carboxylic acids is 1. The molecule has 1 fully saturated rings. The Morgan fingerprint density at radius 1 is 1.29 bits per heavy atom. The first-order valence-electron chi connectivity index (χ1n) is 14.1. The van der Waals surface area contributed by atoms with Crippen LogP contribution < -0.4 is 15.8 Å². The number of hydrogen-bond donors (Lipinski definition) is 3. The molecule has 1 aromatic heterocycles. The standard InChI is InChI=1S/C32H33ClF2N4O3/c1-31(41)11-9-20(10-12-31)38-17-32(19-5-3-2-4-6-19)16-22-25(42-32)15-23(34)28(33)26(22)27-21(30(36)40)7-8-24(29(27)35)39-14-13-37-18-39/h2-8,13-15,18,20,24,29,38,41H,9-12,16-17H2,1H3,(H2,36,40)/t20-,24?,29?,31-,32-/m1/s1. The van der Waals surface area contributed by atoms with Gasteiger partial charge in [-0.05, 0) is 38.2 Å². The molecule has 4 N–H and O–H groups in total. The van der Waals surface area contributed by atoms with Crippen molar-refractivity contribution in [2.75, 3.05) is 6.54 Å². The summed E-state index contributed by atoms with van der Waals surface area (Å²) in [4.78, 5) is 16.6. The van der Waals surface area contributed by atoms with E-state index in [4.69, 9.17) is 22.1 Å². The lowest BCUT2D eigenvalue weighted by Crippen LogP contribution is -2.48. The van der Waals surface area contributed by atoms with Crippen LogP contribution in [0.5, 0.6) is 5.75 Å². The van der Waals surface area contributed by atoms with Crippen LogP contribution in [-0.2, 0) is 16.8 Å². The van der Waals surface area contributed by atoms with Gasteiger partial charge in [0, 0.05) is 59.7 Å². The van der Waals surface area contributed by atoms with Gasteiger partial charge in [0.2, 0.25) is 5.91 Å². The molecule has 1 saturated carbocycles. The van der Waals surface area contributed by atoms with Gasteiger partial charge in [-0.3, -0.25) is 4.79 Å². The van der Waals surface area contributed by atoms with Gasteiger partial charge < -0.3 is 25.5 Å². The quantitative estimate of drug-likeness (QED) is 0.350. The van der Waals surface area contributed by atoms with Crippen molar-refractivity contribution in [3.05, 3.63) is 100 Å². The number of aromatic nitrogens is 2. The lowest BCUT2D eigenvalue weighted by molar-refractivity contribution is -0.114. The SMILES string of the molecule is C[C@]1(O)CC[C@H](NC[C@@]2(c3ccccc3)Cc3c(cc(F)c(Cl)c3C3=C(C(N)=O)C=CC(n4ccnc4)C3F)O2)CC1. The molecule has 3 aliphatic rings. The smallest absolute Gasteiger partial charge is 0.249 e. The summed E-state index contributed by atoms with van der Waals surface area (Å²) in [6.07, 6.45) is 9.08. The number of nitrogens with one attached hydrogen (secondary N) is 1. The number of benzene rings is 2. The molecule has 0 spiro atoms. The molecule has 3 atom stereocenters. The molecule has 2 unspecified atom stereocenters. The molecule has 1 amide bonds. The molecule has 2 aliphatic carbocycles. The molecule has 0 saturated heterocycles. The third kappa shape index (κ3) is 5.14. The number of nitrogens with zero attached hydrogens (tertiary/aromatic N) is 2. The van der Waals surface area contributed by atoms with Crippen LogP contribution in [0.25, 0.3) is 5.57 Å². The van der Waals surface area contributed by atoms with Crippen molar-refractivity contribution in [3.63, 3.8) is 0 Å². The van der Waals surface area contributed by atoms with Gasteiger partial charge >= 0.3 is 0 Å². The predicted octanol–water partition coefficient (Wildman–Crippen LogP) is 5.18. The van der Waals surface area contributed by atoms with E-state index in [1.165, 1.54) is 24.7 Å². The number of alkyl halides is 1. The van der Waals surface area contributed by atoms with Crippen LogP contribution in [0.4, 0.5) is 8.78 Å². The van der Waals surface area contributed by atoms with E-state index in [2.05, 4.69) is 10.3 Å². The highest BCUT2D eigenvalue weighted by Gasteiger charge is 2.46. The van der Waals surface area contributed by atoms with Crippen LogP contribution >= 0.6 is 11.6 Å². The van der Waals surface area contributed by atoms with Crippen molar-refractivity contribution in [1.29, 1.82) is 0 Å². The molecule has 7 nitrogen and oxygen atoms in total. The fourth-order valence-electron chi connectivity index (χ4n) is 6.46. The lowest BCUT2D eigenvalue weighted by atomic mass is 9.81. The third-order valence-corrected chi connectivity index (χ3v) is 9.19. The van der Waals surface area contributed by atoms with Crippen LogP contribution in [0.3, 0.4) is 0 Å². The number of hydrogen-bond acceptors (Lipinski definition) is 5. The molecule has 10 heteroatoms. The summed E-state index contributed by atoms with van der Waals surface area (Å²) in [5.41, 5.74) is 5.41. The molecular weight excluding hydrogens is 562 g/mol. The van der Waals surface area contributed by atoms with Gasteiger partial charge in [-0.25, -0.2) is 13.8 Å². The zero-order chi connectivity index (χ0) is 29.6. The number of amides is 1. The maximum absolute atomic E-state index is 16.5. The Kier molecular flexibility index (Phi) is 7.45. The minimum absolute atomic E-state index is 0.0700. The second kappa shape index (κ2) is 10.9. The van der Waals surface area contributed by atoms with Gasteiger partial charge in [0.05, 0.1) is 23.0 Å². The fourth-order valence-corrected chi connectivity index (χ4v) is 6.73. The summed E-state index contributed by atoms with van der Waals surface area (Å²) in [5, 5.41) is 13.7. The summed E-state index contributed by atoms with van der Waals surface area (Å²) in [7, 11) is 0. The van der Waals surface area contributed by atoms with Crippen molar-refractivity contribution >= 4 is 23.1 Å². The maximum Gasteiger partial charge on any atom is 0.249 e. The number of halogens is 3. The molecule has 6 rings (SSSR count). The minimum Gasteiger partial charge on any atom is -0.480 e. The second-order valence-corrected chi connectivity index (χ2v) is 12.1. The maximum atomic E-state index is 16.5. The van der Waals surface area contributed by atoms with Crippen LogP contribution in [-0.4, -0.2) is 44.9 Å². The number of primary amides is 1.